The molecule has 2 atom stereocenters. The lowest BCUT2D eigenvalue weighted by Crippen LogP contribution is -2.23. The van der Waals surface area contributed by atoms with Crippen molar-refractivity contribution >= 4 is 0 Å². The van der Waals surface area contributed by atoms with Gasteiger partial charge in [-0.3, -0.25) is 4.90 Å². The van der Waals surface area contributed by atoms with Crippen LogP contribution in [0.1, 0.15) is 5.56 Å². The SMILES string of the molecule is CO[C@@H]1CN(Cc2ccccc2)C[C@H]1CN=[N+]=[N-]. The minimum atomic E-state index is 0.166. The van der Waals surface area contributed by atoms with E-state index in [1.54, 1.807) is 7.11 Å². The number of hydrogen-bond donors (Lipinski definition) is 0. The molecule has 1 aromatic carbocycles. The molecule has 2 rings (SSSR count). The summed E-state index contributed by atoms with van der Waals surface area (Å²) in [6.45, 7) is 3.26. The Morgan fingerprint density at radius 2 is 2.17 bits per heavy atom. The molecule has 0 aromatic heterocycles. The Bertz CT molecular complexity index is 416. The smallest absolute Gasteiger partial charge is 0.0739 e. The standard InChI is InChI=1S/C13H18N4O/c1-18-13-10-17(9-12(13)7-15-16-14)8-11-5-3-2-4-6-11/h2-6,12-13H,7-10H2,1H3/t12-,13-/m1/s1. The van der Waals surface area contributed by atoms with Gasteiger partial charge in [0.1, 0.15) is 0 Å². The molecule has 0 bridgehead atoms. The van der Waals surface area contributed by atoms with Crippen molar-refractivity contribution in [1.29, 1.82) is 0 Å². The first kappa shape index (κ1) is 12.9. The van der Waals surface area contributed by atoms with E-state index in [0.717, 1.165) is 19.6 Å². The van der Waals surface area contributed by atoms with Crippen molar-refractivity contribution < 1.29 is 4.74 Å². The van der Waals surface area contributed by atoms with Crippen LogP contribution in [0.5, 0.6) is 0 Å². The zero-order valence-corrected chi connectivity index (χ0v) is 10.6. The Morgan fingerprint density at radius 3 is 2.83 bits per heavy atom. The fraction of sp³-hybridized carbons (Fsp3) is 0.538. The highest BCUT2D eigenvalue weighted by Crippen LogP contribution is 2.21. The van der Waals surface area contributed by atoms with E-state index in [-0.39, 0.29) is 6.10 Å². The van der Waals surface area contributed by atoms with E-state index in [1.807, 2.05) is 6.07 Å². The second kappa shape index (κ2) is 6.40. The highest BCUT2D eigenvalue weighted by atomic mass is 16.5. The lowest BCUT2D eigenvalue weighted by atomic mass is 10.1. The molecule has 1 aliphatic rings. The molecule has 0 N–H and O–H groups in total. The molecule has 1 saturated heterocycles. The first-order valence-electron chi connectivity index (χ1n) is 6.13. The van der Waals surface area contributed by atoms with Crippen molar-refractivity contribution in [2.45, 2.75) is 12.6 Å². The Morgan fingerprint density at radius 1 is 1.39 bits per heavy atom. The van der Waals surface area contributed by atoms with Crippen molar-refractivity contribution in [3.05, 3.63) is 46.3 Å². The highest BCUT2D eigenvalue weighted by Gasteiger charge is 2.31. The third-order valence-electron chi connectivity index (χ3n) is 3.39. The maximum absolute atomic E-state index is 8.39. The molecule has 0 aliphatic carbocycles. The van der Waals surface area contributed by atoms with Crippen molar-refractivity contribution in [1.82, 2.24) is 4.90 Å². The summed E-state index contributed by atoms with van der Waals surface area (Å²) in [6.07, 6.45) is 0.166. The van der Waals surface area contributed by atoms with Crippen molar-refractivity contribution in [3.63, 3.8) is 0 Å². The van der Waals surface area contributed by atoms with Crippen molar-refractivity contribution in [2.75, 3.05) is 26.7 Å². The van der Waals surface area contributed by atoms with Crippen LogP contribution in [-0.2, 0) is 11.3 Å². The predicted octanol–water partition coefficient (Wildman–Crippen LogP) is 2.44. The normalized spacial score (nSPS) is 23.8. The molecule has 5 nitrogen and oxygen atoms in total. The second-order valence-electron chi connectivity index (χ2n) is 4.63. The van der Waals surface area contributed by atoms with Gasteiger partial charge >= 0.3 is 0 Å². The van der Waals surface area contributed by atoms with Crippen LogP contribution in [0.2, 0.25) is 0 Å². The van der Waals surface area contributed by atoms with E-state index in [9.17, 15) is 0 Å². The summed E-state index contributed by atoms with van der Waals surface area (Å²) in [7, 11) is 1.72. The third kappa shape index (κ3) is 3.23. The maximum Gasteiger partial charge on any atom is 0.0739 e. The molecule has 5 heteroatoms. The number of azide groups is 1. The summed E-state index contributed by atoms with van der Waals surface area (Å²) < 4.78 is 5.46. The molecule has 0 spiro atoms. The van der Waals surface area contributed by atoms with E-state index < -0.39 is 0 Å². The van der Waals surface area contributed by atoms with Gasteiger partial charge in [0.25, 0.3) is 0 Å². The minimum Gasteiger partial charge on any atom is -0.380 e. The summed E-state index contributed by atoms with van der Waals surface area (Å²) in [6, 6.07) is 10.4. The van der Waals surface area contributed by atoms with Crippen LogP contribution in [0.25, 0.3) is 10.4 Å². The molecule has 1 fully saturated rings. The Balaban J connectivity index is 1.94. The van der Waals surface area contributed by atoms with Gasteiger partial charge in [0.2, 0.25) is 0 Å². The number of benzene rings is 1. The molecule has 18 heavy (non-hydrogen) atoms. The molecule has 1 aromatic rings. The van der Waals surface area contributed by atoms with Gasteiger partial charge in [0, 0.05) is 44.1 Å². The summed E-state index contributed by atoms with van der Waals surface area (Å²) >= 11 is 0. The average Bonchev–Trinajstić information content (AvgIpc) is 2.79. The molecule has 1 aliphatic heterocycles. The lowest BCUT2D eigenvalue weighted by molar-refractivity contribution is 0.0806. The lowest BCUT2D eigenvalue weighted by Gasteiger charge is -2.15. The fourth-order valence-electron chi connectivity index (χ4n) is 2.48. The number of nitrogens with zero attached hydrogens (tertiary/aromatic N) is 4. The van der Waals surface area contributed by atoms with Crippen LogP contribution in [0.3, 0.4) is 0 Å². The van der Waals surface area contributed by atoms with Crippen molar-refractivity contribution in [3.8, 4) is 0 Å². The quantitative estimate of drug-likeness (QED) is 0.455. The molecule has 0 radical (unpaired) electrons. The summed E-state index contributed by atoms with van der Waals surface area (Å²) in [5.74, 6) is 0.301. The first-order chi connectivity index (χ1) is 8.83. The van der Waals surface area contributed by atoms with Crippen LogP contribution in [0.15, 0.2) is 35.4 Å². The number of rotatable bonds is 5. The van der Waals surface area contributed by atoms with Gasteiger partial charge in [-0.25, -0.2) is 0 Å². The molecular formula is C13H18N4O. The van der Waals surface area contributed by atoms with Crippen LogP contribution in [-0.4, -0.2) is 37.7 Å². The molecule has 0 unspecified atom stereocenters. The van der Waals surface area contributed by atoms with E-state index in [2.05, 4.69) is 39.2 Å². The van der Waals surface area contributed by atoms with Crippen LogP contribution in [0, 0.1) is 5.92 Å². The zero-order valence-electron chi connectivity index (χ0n) is 10.6. The highest BCUT2D eigenvalue weighted by molar-refractivity contribution is 5.14. The first-order valence-corrected chi connectivity index (χ1v) is 6.13. The van der Waals surface area contributed by atoms with Gasteiger partial charge in [-0.2, -0.15) is 0 Å². The number of methoxy groups -OCH3 is 1. The molecule has 0 amide bonds. The zero-order chi connectivity index (χ0) is 12.8. The molecule has 1 heterocycles. The molecule has 0 saturated carbocycles. The molecular weight excluding hydrogens is 228 g/mol. The Labute approximate surface area is 107 Å². The predicted molar refractivity (Wildman–Crippen MR) is 70.0 cm³/mol. The largest absolute Gasteiger partial charge is 0.380 e. The van der Waals surface area contributed by atoms with E-state index in [0.29, 0.717) is 12.5 Å². The fourth-order valence-corrected chi connectivity index (χ4v) is 2.48. The van der Waals surface area contributed by atoms with Crippen LogP contribution in [0.4, 0.5) is 0 Å². The average molecular weight is 246 g/mol. The van der Waals surface area contributed by atoms with E-state index >= 15 is 0 Å². The number of likely N-dealkylation sites (tertiary alicyclic amines) is 1. The van der Waals surface area contributed by atoms with Gasteiger partial charge in [0.05, 0.1) is 6.10 Å². The number of hydrogen-bond acceptors (Lipinski definition) is 3. The third-order valence-corrected chi connectivity index (χ3v) is 3.39. The summed E-state index contributed by atoms with van der Waals surface area (Å²) in [4.78, 5) is 5.18. The Hall–Kier alpha value is -1.55. The maximum atomic E-state index is 8.39. The van der Waals surface area contributed by atoms with E-state index in [4.69, 9.17) is 10.3 Å². The Kier molecular flexibility index (Phi) is 4.59. The second-order valence-corrected chi connectivity index (χ2v) is 4.63. The van der Waals surface area contributed by atoms with Gasteiger partial charge in [-0.05, 0) is 11.1 Å². The topological polar surface area (TPSA) is 61.2 Å². The number of ether oxygens (including phenoxy) is 1. The van der Waals surface area contributed by atoms with Crippen molar-refractivity contribution in [2.24, 2.45) is 11.0 Å². The summed E-state index contributed by atoms with van der Waals surface area (Å²) in [5.41, 5.74) is 9.69. The van der Waals surface area contributed by atoms with Gasteiger partial charge in [-0.1, -0.05) is 35.4 Å². The van der Waals surface area contributed by atoms with E-state index in [1.165, 1.54) is 5.56 Å². The summed E-state index contributed by atoms with van der Waals surface area (Å²) in [5, 5.41) is 3.67. The minimum absolute atomic E-state index is 0.166. The van der Waals surface area contributed by atoms with Gasteiger partial charge < -0.3 is 4.74 Å². The monoisotopic (exact) mass is 246 g/mol. The van der Waals surface area contributed by atoms with Crippen LogP contribution >= 0.6 is 0 Å². The van der Waals surface area contributed by atoms with Gasteiger partial charge in [-0.15, -0.1) is 0 Å². The van der Waals surface area contributed by atoms with Gasteiger partial charge in [0.15, 0.2) is 0 Å². The van der Waals surface area contributed by atoms with Crippen LogP contribution < -0.4 is 0 Å². The molecule has 96 valence electrons.